The highest BCUT2D eigenvalue weighted by molar-refractivity contribution is 7.90. The van der Waals surface area contributed by atoms with E-state index in [1.807, 2.05) is 13.8 Å². The minimum atomic E-state index is -3.41. The van der Waals surface area contributed by atoms with Crippen LogP contribution in [-0.2, 0) is 19.4 Å². The molecule has 8 heteroatoms. The molecule has 0 saturated carbocycles. The first-order chi connectivity index (χ1) is 12.2. The van der Waals surface area contributed by atoms with Gasteiger partial charge in [0.25, 0.3) is 5.91 Å². The second-order valence-electron chi connectivity index (χ2n) is 6.89. The number of benzene rings is 1. The largest absolute Gasteiger partial charge is 0.378 e. The van der Waals surface area contributed by atoms with Crippen molar-refractivity contribution in [1.29, 1.82) is 0 Å². The smallest absolute Gasteiger partial charge is 0.251 e. The summed E-state index contributed by atoms with van der Waals surface area (Å²) in [6.07, 6.45) is 1.60. The molecule has 0 spiro atoms. The second-order valence-corrected chi connectivity index (χ2v) is 8.91. The number of sulfone groups is 1. The number of carbonyl (C=O) groups is 2. The van der Waals surface area contributed by atoms with Crippen molar-refractivity contribution in [1.82, 2.24) is 10.2 Å². The Labute approximate surface area is 154 Å². The van der Waals surface area contributed by atoms with Crippen molar-refractivity contribution in [3.63, 3.8) is 0 Å². The van der Waals surface area contributed by atoms with E-state index in [9.17, 15) is 18.0 Å². The van der Waals surface area contributed by atoms with Gasteiger partial charge in [-0.3, -0.25) is 9.59 Å². The third kappa shape index (κ3) is 5.54. The van der Waals surface area contributed by atoms with Crippen molar-refractivity contribution < 1.29 is 22.7 Å². The highest BCUT2D eigenvalue weighted by Gasteiger charge is 2.28. The van der Waals surface area contributed by atoms with E-state index in [2.05, 4.69) is 5.32 Å². The van der Waals surface area contributed by atoms with Crippen LogP contribution < -0.4 is 5.32 Å². The molecule has 1 fully saturated rings. The predicted octanol–water partition coefficient (Wildman–Crippen LogP) is 1.09. The fourth-order valence-electron chi connectivity index (χ4n) is 2.81. The SMILES string of the molecule is CC(C)C[C@@H](NC(=O)c1cccc(S(C)(=O)=O)c1)C(=O)N1CCOCC1. The maximum absolute atomic E-state index is 12.8. The zero-order valence-corrected chi connectivity index (χ0v) is 16.2. The Bertz CT molecular complexity index is 755. The van der Waals surface area contributed by atoms with Gasteiger partial charge in [-0.25, -0.2) is 8.42 Å². The minimum absolute atomic E-state index is 0.0741. The van der Waals surface area contributed by atoms with Crippen molar-refractivity contribution in [2.75, 3.05) is 32.6 Å². The Kier molecular flexibility index (Phi) is 6.77. The average molecular weight is 382 g/mol. The number of hydrogen-bond donors (Lipinski definition) is 1. The quantitative estimate of drug-likeness (QED) is 0.795. The third-order valence-electron chi connectivity index (χ3n) is 4.16. The molecule has 0 radical (unpaired) electrons. The molecular weight excluding hydrogens is 356 g/mol. The molecule has 0 bridgehead atoms. The van der Waals surface area contributed by atoms with Crippen molar-refractivity contribution in [2.24, 2.45) is 5.92 Å². The van der Waals surface area contributed by atoms with Gasteiger partial charge in [-0.2, -0.15) is 0 Å². The van der Waals surface area contributed by atoms with Crippen LogP contribution in [0.1, 0.15) is 30.6 Å². The summed E-state index contributed by atoms with van der Waals surface area (Å²) in [6, 6.07) is 5.18. The van der Waals surface area contributed by atoms with Gasteiger partial charge in [-0.15, -0.1) is 0 Å². The van der Waals surface area contributed by atoms with E-state index in [0.29, 0.717) is 32.7 Å². The van der Waals surface area contributed by atoms with Crippen molar-refractivity contribution in [3.05, 3.63) is 29.8 Å². The van der Waals surface area contributed by atoms with Crippen LogP contribution in [0.5, 0.6) is 0 Å². The second kappa shape index (κ2) is 8.64. The molecule has 0 aliphatic carbocycles. The standard InChI is InChI=1S/C18H26N2O5S/c1-13(2)11-16(18(22)20-7-9-25-10-8-20)19-17(21)14-5-4-6-15(12-14)26(3,23)24/h4-6,12-13,16H,7-11H2,1-3H3,(H,19,21)/t16-/m1/s1. The molecule has 2 amide bonds. The zero-order valence-electron chi connectivity index (χ0n) is 15.4. The van der Waals surface area contributed by atoms with Gasteiger partial charge in [0, 0.05) is 24.9 Å². The first kappa shape index (κ1) is 20.4. The van der Waals surface area contributed by atoms with Crippen LogP contribution in [0.2, 0.25) is 0 Å². The first-order valence-electron chi connectivity index (χ1n) is 8.66. The lowest BCUT2D eigenvalue weighted by Gasteiger charge is -2.31. The average Bonchev–Trinajstić information content (AvgIpc) is 2.60. The normalized spacial score (nSPS) is 16.4. The summed E-state index contributed by atoms with van der Waals surface area (Å²) in [7, 11) is -3.41. The van der Waals surface area contributed by atoms with Gasteiger partial charge in [0.15, 0.2) is 9.84 Å². The van der Waals surface area contributed by atoms with Gasteiger partial charge in [0.2, 0.25) is 5.91 Å². The van der Waals surface area contributed by atoms with E-state index in [-0.39, 0.29) is 22.3 Å². The Morgan fingerprint density at radius 3 is 2.46 bits per heavy atom. The molecule has 1 atom stereocenters. The lowest BCUT2D eigenvalue weighted by Crippen LogP contribution is -2.52. The lowest BCUT2D eigenvalue weighted by molar-refractivity contribution is -0.137. The summed E-state index contributed by atoms with van der Waals surface area (Å²) in [5.41, 5.74) is 0.219. The molecular formula is C18H26N2O5S. The monoisotopic (exact) mass is 382 g/mol. The first-order valence-corrected chi connectivity index (χ1v) is 10.5. The molecule has 1 aromatic rings. The fraction of sp³-hybridized carbons (Fsp3) is 0.556. The lowest BCUT2D eigenvalue weighted by atomic mass is 10.0. The van der Waals surface area contributed by atoms with Crippen LogP contribution in [-0.4, -0.2) is 63.7 Å². The molecule has 144 valence electrons. The van der Waals surface area contributed by atoms with Gasteiger partial charge < -0.3 is 15.0 Å². The number of amides is 2. The third-order valence-corrected chi connectivity index (χ3v) is 5.27. The predicted molar refractivity (Wildman–Crippen MR) is 97.7 cm³/mol. The van der Waals surface area contributed by atoms with Gasteiger partial charge in [0.1, 0.15) is 6.04 Å². The topological polar surface area (TPSA) is 92.8 Å². The molecule has 7 nitrogen and oxygen atoms in total. The number of nitrogens with zero attached hydrogens (tertiary/aromatic N) is 1. The molecule has 1 N–H and O–H groups in total. The number of rotatable bonds is 6. The minimum Gasteiger partial charge on any atom is -0.378 e. The number of nitrogens with one attached hydrogen (secondary N) is 1. The van der Waals surface area contributed by atoms with Crippen LogP contribution >= 0.6 is 0 Å². The Morgan fingerprint density at radius 1 is 1.23 bits per heavy atom. The number of ether oxygens (including phenoxy) is 1. The van der Waals surface area contributed by atoms with Gasteiger partial charge in [0.05, 0.1) is 18.1 Å². The van der Waals surface area contributed by atoms with E-state index >= 15 is 0 Å². The summed E-state index contributed by atoms with van der Waals surface area (Å²) in [5, 5.41) is 2.77. The molecule has 26 heavy (non-hydrogen) atoms. The maximum atomic E-state index is 12.8. The van der Waals surface area contributed by atoms with Crippen LogP contribution in [0.15, 0.2) is 29.2 Å². The van der Waals surface area contributed by atoms with Crippen molar-refractivity contribution in [2.45, 2.75) is 31.2 Å². The highest BCUT2D eigenvalue weighted by Crippen LogP contribution is 2.14. The zero-order chi connectivity index (χ0) is 19.3. The molecule has 0 unspecified atom stereocenters. The Balaban J connectivity index is 2.17. The van der Waals surface area contributed by atoms with E-state index in [4.69, 9.17) is 4.74 Å². The van der Waals surface area contributed by atoms with E-state index in [1.54, 1.807) is 4.90 Å². The van der Waals surface area contributed by atoms with Crippen LogP contribution in [0, 0.1) is 5.92 Å². The van der Waals surface area contributed by atoms with E-state index in [1.165, 1.54) is 24.3 Å². The summed E-state index contributed by atoms with van der Waals surface area (Å²) >= 11 is 0. The Hall–Kier alpha value is -1.93. The molecule has 1 aliphatic rings. The summed E-state index contributed by atoms with van der Waals surface area (Å²) in [5.74, 6) is -0.370. The summed E-state index contributed by atoms with van der Waals surface area (Å²) < 4.78 is 28.6. The number of hydrogen-bond acceptors (Lipinski definition) is 5. The molecule has 0 aromatic heterocycles. The van der Waals surface area contributed by atoms with Crippen LogP contribution in [0.25, 0.3) is 0 Å². The Morgan fingerprint density at radius 2 is 1.88 bits per heavy atom. The van der Waals surface area contributed by atoms with E-state index < -0.39 is 21.8 Å². The van der Waals surface area contributed by atoms with Gasteiger partial charge >= 0.3 is 0 Å². The fourth-order valence-corrected chi connectivity index (χ4v) is 3.47. The highest BCUT2D eigenvalue weighted by atomic mass is 32.2. The van der Waals surface area contributed by atoms with Crippen LogP contribution in [0.4, 0.5) is 0 Å². The molecule has 2 rings (SSSR count). The van der Waals surface area contributed by atoms with Crippen molar-refractivity contribution >= 4 is 21.7 Å². The summed E-state index contributed by atoms with van der Waals surface area (Å²) in [4.78, 5) is 27.2. The molecule has 1 aromatic carbocycles. The summed E-state index contributed by atoms with van der Waals surface area (Å²) in [6.45, 7) is 5.96. The molecule has 1 aliphatic heterocycles. The van der Waals surface area contributed by atoms with E-state index in [0.717, 1.165) is 6.26 Å². The van der Waals surface area contributed by atoms with Gasteiger partial charge in [-0.05, 0) is 30.5 Å². The molecule has 1 saturated heterocycles. The number of carbonyl (C=O) groups excluding carboxylic acids is 2. The van der Waals surface area contributed by atoms with Crippen molar-refractivity contribution in [3.8, 4) is 0 Å². The number of morpholine rings is 1. The van der Waals surface area contributed by atoms with Gasteiger partial charge in [-0.1, -0.05) is 19.9 Å². The maximum Gasteiger partial charge on any atom is 0.251 e. The molecule has 1 heterocycles. The van der Waals surface area contributed by atoms with Crippen LogP contribution in [0.3, 0.4) is 0 Å².